The SMILES string of the molecule is O=C(Cc1ccon1)Cc1ccc(Cl)cc1Cl. The van der Waals surface area contributed by atoms with Crippen molar-refractivity contribution in [1.82, 2.24) is 5.16 Å². The molecule has 1 aromatic heterocycles. The van der Waals surface area contributed by atoms with E-state index in [-0.39, 0.29) is 18.6 Å². The summed E-state index contributed by atoms with van der Waals surface area (Å²) in [6, 6.07) is 6.76. The maximum Gasteiger partial charge on any atom is 0.143 e. The average molecular weight is 270 g/mol. The summed E-state index contributed by atoms with van der Waals surface area (Å²) in [5.74, 6) is 0.0307. The smallest absolute Gasteiger partial charge is 0.143 e. The molecule has 2 rings (SSSR count). The second kappa shape index (κ2) is 5.34. The number of carbonyl (C=O) groups is 1. The van der Waals surface area contributed by atoms with Crippen LogP contribution in [0, 0.1) is 0 Å². The Hall–Kier alpha value is -1.32. The second-order valence-electron chi connectivity index (χ2n) is 3.62. The van der Waals surface area contributed by atoms with Crippen LogP contribution in [-0.4, -0.2) is 10.9 Å². The number of aromatic nitrogens is 1. The largest absolute Gasteiger partial charge is 0.364 e. The highest BCUT2D eigenvalue weighted by Gasteiger charge is 2.10. The number of carbonyl (C=O) groups excluding carboxylic acids is 1. The number of nitrogens with zero attached hydrogens (tertiary/aromatic N) is 1. The second-order valence-corrected chi connectivity index (χ2v) is 4.46. The molecule has 0 amide bonds. The Morgan fingerprint density at radius 3 is 2.71 bits per heavy atom. The Balaban J connectivity index is 2.03. The van der Waals surface area contributed by atoms with Gasteiger partial charge in [-0.3, -0.25) is 4.79 Å². The van der Waals surface area contributed by atoms with E-state index in [9.17, 15) is 4.79 Å². The van der Waals surface area contributed by atoms with Gasteiger partial charge in [-0.05, 0) is 17.7 Å². The first kappa shape index (κ1) is 12.1. The monoisotopic (exact) mass is 269 g/mol. The van der Waals surface area contributed by atoms with Gasteiger partial charge >= 0.3 is 0 Å². The van der Waals surface area contributed by atoms with Gasteiger partial charge in [-0.15, -0.1) is 0 Å². The van der Waals surface area contributed by atoms with Crippen molar-refractivity contribution in [3.05, 3.63) is 51.8 Å². The molecule has 88 valence electrons. The minimum absolute atomic E-state index is 0.0307. The molecule has 0 unspecified atom stereocenters. The zero-order valence-corrected chi connectivity index (χ0v) is 10.3. The standard InChI is InChI=1S/C12H9Cl2NO2/c13-9-2-1-8(12(14)6-9)5-11(16)7-10-3-4-17-15-10/h1-4,6H,5,7H2. The van der Waals surface area contributed by atoms with Gasteiger partial charge in [0, 0.05) is 22.5 Å². The molecule has 0 saturated carbocycles. The van der Waals surface area contributed by atoms with E-state index in [2.05, 4.69) is 9.68 Å². The number of Topliss-reactive ketones (excluding diaryl/α,β-unsaturated/α-hetero) is 1. The van der Waals surface area contributed by atoms with Crippen LogP contribution in [0.1, 0.15) is 11.3 Å². The summed E-state index contributed by atoms with van der Waals surface area (Å²) in [5.41, 5.74) is 1.39. The summed E-state index contributed by atoms with van der Waals surface area (Å²) in [6.45, 7) is 0. The topological polar surface area (TPSA) is 43.1 Å². The summed E-state index contributed by atoms with van der Waals surface area (Å²) >= 11 is 11.8. The Bertz CT molecular complexity index is 523. The number of ketones is 1. The van der Waals surface area contributed by atoms with Gasteiger partial charge < -0.3 is 4.52 Å². The van der Waals surface area contributed by atoms with Crippen LogP contribution in [0.5, 0.6) is 0 Å². The third-order valence-corrected chi connectivity index (χ3v) is 2.86. The minimum Gasteiger partial charge on any atom is -0.364 e. The Morgan fingerprint density at radius 1 is 1.24 bits per heavy atom. The van der Waals surface area contributed by atoms with Crippen molar-refractivity contribution in [1.29, 1.82) is 0 Å². The van der Waals surface area contributed by atoms with Crippen LogP contribution in [0.2, 0.25) is 10.0 Å². The third kappa shape index (κ3) is 3.32. The van der Waals surface area contributed by atoms with Crippen molar-refractivity contribution < 1.29 is 9.32 Å². The lowest BCUT2D eigenvalue weighted by Gasteiger charge is -2.03. The summed E-state index contributed by atoms with van der Waals surface area (Å²) in [4.78, 5) is 11.7. The highest BCUT2D eigenvalue weighted by Crippen LogP contribution is 2.21. The maximum absolute atomic E-state index is 11.7. The van der Waals surface area contributed by atoms with Crippen molar-refractivity contribution in [2.75, 3.05) is 0 Å². The first-order valence-corrected chi connectivity index (χ1v) is 5.75. The van der Waals surface area contributed by atoms with E-state index < -0.39 is 0 Å². The van der Waals surface area contributed by atoms with Crippen LogP contribution in [0.15, 0.2) is 35.1 Å². The quantitative estimate of drug-likeness (QED) is 0.855. The molecule has 0 bridgehead atoms. The highest BCUT2D eigenvalue weighted by molar-refractivity contribution is 6.35. The summed E-state index contributed by atoms with van der Waals surface area (Å²) < 4.78 is 4.66. The Morgan fingerprint density at radius 2 is 2.06 bits per heavy atom. The molecule has 0 aliphatic rings. The molecule has 0 atom stereocenters. The number of halogens is 2. The summed E-state index contributed by atoms with van der Waals surface area (Å²) in [6.07, 6.45) is 1.95. The van der Waals surface area contributed by atoms with Gasteiger partial charge in [-0.25, -0.2) is 0 Å². The van der Waals surface area contributed by atoms with Crippen LogP contribution in [0.4, 0.5) is 0 Å². The molecule has 3 nitrogen and oxygen atoms in total. The molecule has 1 aromatic carbocycles. The first-order valence-electron chi connectivity index (χ1n) is 5.00. The highest BCUT2D eigenvalue weighted by atomic mass is 35.5. The van der Waals surface area contributed by atoms with Crippen molar-refractivity contribution in [3.63, 3.8) is 0 Å². The molecule has 17 heavy (non-hydrogen) atoms. The van der Waals surface area contributed by atoms with Crippen molar-refractivity contribution in [2.45, 2.75) is 12.8 Å². The van der Waals surface area contributed by atoms with Crippen molar-refractivity contribution in [2.24, 2.45) is 0 Å². The van der Waals surface area contributed by atoms with Crippen molar-refractivity contribution in [3.8, 4) is 0 Å². The van der Waals surface area contributed by atoms with Crippen LogP contribution < -0.4 is 0 Å². The van der Waals surface area contributed by atoms with Gasteiger partial charge in [0.05, 0.1) is 12.1 Å². The van der Waals surface area contributed by atoms with Crippen LogP contribution >= 0.6 is 23.2 Å². The van der Waals surface area contributed by atoms with E-state index in [1.807, 2.05) is 0 Å². The predicted octanol–water partition coefficient (Wildman–Crippen LogP) is 3.34. The van der Waals surface area contributed by atoms with E-state index in [0.29, 0.717) is 15.7 Å². The molecule has 0 aliphatic carbocycles. The fourth-order valence-electron chi connectivity index (χ4n) is 1.47. The van der Waals surface area contributed by atoms with E-state index in [1.54, 1.807) is 24.3 Å². The molecule has 5 heteroatoms. The molecule has 0 fully saturated rings. The number of benzene rings is 1. The minimum atomic E-state index is 0.0307. The first-order chi connectivity index (χ1) is 8.15. The molecule has 0 spiro atoms. The maximum atomic E-state index is 11.7. The van der Waals surface area contributed by atoms with Gasteiger partial charge in [0.1, 0.15) is 12.0 Å². The van der Waals surface area contributed by atoms with E-state index in [0.717, 1.165) is 5.56 Å². The molecular formula is C12H9Cl2NO2. The average Bonchev–Trinajstić information content (AvgIpc) is 2.75. The van der Waals surface area contributed by atoms with Crippen LogP contribution in [0.3, 0.4) is 0 Å². The molecule has 0 aliphatic heterocycles. The van der Waals surface area contributed by atoms with Gasteiger partial charge in [-0.2, -0.15) is 0 Å². The summed E-state index contributed by atoms with van der Waals surface area (Å²) in [5, 5.41) is 4.75. The molecule has 1 heterocycles. The summed E-state index contributed by atoms with van der Waals surface area (Å²) in [7, 11) is 0. The molecule has 0 radical (unpaired) electrons. The van der Waals surface area contributed by atoms with Gasteiger partial charge in [0.25, 0.3) is 0 Å². The Labute approximate surface area is 108 Å². The van der Waals surface area contributed by atoms with Gasteiger partial charge in [-0.1, -0.05) is 34.4 Å². The fourth-order valence-corrected chi connectivity index (χ4v) is 1.95. The number of hydrogen-bond donors (Lipinski definition) is 0. The van der Waals surface area contributed by atoms with E-state index in [1.165, 1.54) is 6.26 Å². The molecule has 2 aromatic rings. The van der Waals surface area contributed by atoms with Crippen molar-refractivity contribution >= 4 is 29.0 Å². The number of hydrogen-bond acceptors (Lipinski definition) is 3. The lowest BCUT2D eigenvalue weighted by Crippen LogP contribution is -2.07. The molecule has 0 N–H and O–H groups in total. The van der Waals surface area contributed by atoms with Gasteiger partial charge in [0.15, 0.2) is 0 Å². The Kier molecular flexibility index (Phi) is 3.82. The van der Waals surface area contributed by atoms with Crippen LogP contribution in [0.25, 0.3) is 0 Å². The van der Waals surface area contributed by atoms with Crippen LogP contribution in [-0.2, 0) is 17.6 Å². The zero-order chi connectivity index (χ0) is 12.3. The lowest BCUT2D eigenvalue weighted by molar-refractivity contribution is -0.117. The molecule has 0 saturated heterocycles. The van der Waals surface area contributed by atoms with E-state index in [4.69, 9.17) is 23.2 Å². The lowest BCUT2D eigenvalue weighted by atomic mass is 10.1. The zero-order valence-electron chi connectivity index (χ0n) is 8.82. The predicted molar refractivity (Wildman–Crippen MR) is 65.4 cm³/mol. The number of rotatable bonds is 4. The van der Waals surface area contributed by atoms with Gasteiger partial charge in [0.2, 0.25) is 0 Å². The fraction of sp³-hybridized carbons (Fsp3) is 0.167. The molecular weight excluding hydrogens is 261 g/mol. The van der Waals surface area contributed by atoms with E-state index >= 15 is 0 Å². The normalized spacial score (nSPS) is 10.5. The third-order valence-electron chi connectivity index (χ3n) is 2.27.